The zero-order chi connectivity index (χ0) is 19.0. The number of carboxylic acids is 1. The number of urea groups is 1. The molecule has 2 aliphatic rings. The SMILES string of the molecule is Cc1cc(-c2nc(C3CC3)no2)ccc1NC(=O)N[C@@H]1CC[C@H](C(=O)O)C1. The van der Waals surface area contributed by atoms with Crippen LogP contribution in [-0.2, 0) is 4.79 Å². The molecule has 1 aromatic carbocycles. The number of aliphatic carboxylic acids is 1. The third-order valence-electron chi connectivity index (χ3n) is 5.22. The Hall–Kier alpha value is -2.90. The van der Waals surface area contributed by atoms with Gasteiger partial charge in [-0.2, -0.15) is 4.98 Å². The van der Waals surface area contributed by atoms with Crippen LogP contribution in [0.5, 0.6) is 0 Å². The summed E-state index contributed by atoms with van der Waals surface area (Å²) in [5.41, 5.74) is 2.38. The maximum absolute atomic E-state index is 12.2. The molecular formula is C19H22N4O4. The van der Waals surface area contributed by atoms with Gasteiger partial charge in [0.15, 0.2) is 5.82 Å². The Bertz CT molecular complexity index is 874. The minimum atomic E-state index is -0.794. The summed E-state index contributed by atoms with van der Waals surface area (Å²) in [5, 5.41) is 18.8. The summed E-state index contributed by atoms with van der Waals surface area (Å²) in [6, 6.07) is 5.11. The van der Waals surface area contributed by atoms with Gasteiger partial charge in [0.25, 0.3) is 5.89 Å². The Balaban J connectivity index is 1.37. The number of anilines is 1. The number of amides is 2. The van der Waals surface area contributed by atoms with Crippen molar-refractivity contribution in [1.82, 2.24) is 15.5 Å². The van der Waals surface area contributed by atoms with Crippen molar-refractivity contribution < 1.29 is 19.2 Å². The van der Waals surface area contributed by atoms with Crippen molar-refractivity contribution >= 4 is 17.7 Å². The van der Waals surface area contributed by atoms with Gasteiger partial charge in [-0.15, -0.1) is 0 Å². The molecule has 0 spiro atoms. The van der Waals surface area contributed by atoms with Gasteiger partial charge in [0.05, 0.1) is 5.92 Å². The number of benzene rings is 1. The Labute approximate surface area is 156 Å². The van der Waals surface area contributed by atoms with E-state index >= 15 is 0 Å². The van der Waals surface area contributed by atoms with Crippen LogP contribution in [0.3, 0.4) is 0 Å². The molecule has 1 aromatic heterocycles. The molecule has 2 atom stereocenters. The molecule has 0 radical (unpaired) electrons. The quantitative estimate of drug-likeness (QED) is 0.743. The molecule has 0 saturated heterocycles. The number of nitrogens with one attached hydrogen (secondary N) is 2. The van der Waals surface area contributed by atoms with E-state index in [2.05, 4.69) is 20.8 Å². The molecule has 2 amide bonds. The highest BCUT2D eigenvalue weighted by molar-refractivity contribution is 5.90. The third-order valence-corrected chi connectivity index (χ3v) is 5.22. The first kappa shape index (κ1) is 17.5. The number of nitrogens with zero attached hydrogens (tertiary/aromatic N) is 2. The molecule has 2 aromatic rings. The number of rotatable bonds is 5. The molecule has 8 heteroatoms. The lowest BCUT2D eigenvalue weighted by atomic mass is 10.1. The van der Waals surface area contributed by atoms with Gasteiger partial charge in [-0.3, -0.25) is 4.79 Å². The molecule has 2 saturated carbocycles. The summed E-state index contributed by atoms with van der Waals surface area (Å²) < 4.78 is 5.34. The summed E-state index contributed by atoms with van der Waals surface area (Å²) in [5.74, 6) is 0.523. The van der Waals surface area contributed by atoms with Gasteiger partial charge in [-0.25, -0.2) is 4.79 Å². The summed E-state index contributed by atoms with van der Waals surface area (Å²) in [4.78, 5) is 27.7. The lowest BCUT2D eigenvalue weighted by Crippen LogP contribution is -2.36. The van der Waals surface area contributed by atoms with Crippen molar-refractivity contribution in [1.29, 1.82) is 0 Å². The van der Waals surface area contributed by atoms with Gasteiger partial charge < -0.3 is 20.3 Å². The predicted molar refractivity (Wildman–Crippen MR) is 97.4 cm³/mol. The first-order valence-electron chi connectivity index (χ1n) is 9.24. The lowest BCUT2D eigenvalue weighted by molar-refractivity contribution is -0.141. The third kappa shape index (κ3) is 3.94. The second-order valence-electron chi connectivity index (χ2n) is 7.41. The van der Waals surface area contributed by atoms with Crippen LogP contribution in [-0.4, -0.2) is 33.3 Å². The molecule has 0 bridgehead atoms. The monoisotopic (exact) mass is 370 g/mol. The molecule has 4 rings (SSSR count). The fourth-order valence-corrected chi connectivity index (χ4v) is 3.48. The standard InChI is InChI=1S/C19H22N4O4/c1-10-8-12(17-22-16(23-27-17)11-2-3-11)5-7-15(10)21-19(26)20-14-6-4-13(9-14)18(24)25/h5,7-8,11,13-14H,2-4,6,9H2,1H3,(H,24,25)(H2,20,21,26)/t13-,14+/m0/s1. The first-order chi connectivity index (χ1) is 13.0. The van der Waals surface area contributed by atoms with Crippen LogP contribution in [0.15, 0.2) is 22.7 Å². The van der Waals surface area contributed by atoms with E-state index in [9.17, 15) is 9.59 Å². The Morgan fingerprint density at radius 3 is 2.70 bits per heavy atom. The predicted octanol–water partition coefficient (Wildman–Crippen LogP) is 3.30. The fraction of sp³-hybridized carbons (Fsp3) is 0.474. The molecule has 2 fully saturated rings. The average Bonchev–Trinajstić information content (AvgIpc) is 3.17. The summed E-state index contributed by atoms with van der Waals surface area (Å²) in [6.07, 6.45) is 3.99. The number of hydrogen-bond donors (Lipinski definition) is 3. The van der Waals surface area contributed by atoms with Crippen LogP contribution in [0.2, 0.25) is 0 Å². The van der Waals surface area contributed by atoms with Crippen LogP contribution < -0.4 is 10.6 Å². The lowest BCUT2D eigenvalue weighted by Gasteiger charge is -2.15. The van der Waals surface area contributed by atoms with Gasteiger partial charge in [0.2, 0.25) is 0 Å². The number of hydrogen-bond acceptors (Lipinski definition) is 5. The molecule has 3 N–H and O–H groups in total. The maximum atomic E-state index is 12.2. The van der Waals surface area contributed by atoms with Crippen molar-refractivity contribution in [2.24, 2.45) is 5.92 Å². The van der Waals surface area contributed by atoms with E-state index in [1.807, 2.05) is 19.1 Å². The smallest absolute Gasteiger partial charge is 0.319 e. The molecule has 0 aliphatic heterocycles. The minimum absolute atomic E-state index is 0.107. The topological polar surface area (TPSA) is 117 Å². The van der Waals surface area contributed by atoms with E-state index in [0.717, 1.165) is 29.8 Å². The number of carbonyl (C=O) groups is 2. The van der Waals surface area contributed by atoms with Crippen molar-refractivity contribution in [2.45, 2.75) is 51.0 Å². The number of carbonyl (C=O) groups excluding carboxylic acids is 1. The largest absolute Gasteiger partial charge is 0.481 e. The van der Waals surface area contributed by atoms with Crippen LogP contribution >= 0.6 is 0 Å². The van der Waals surface area contributed by atoms with Crippen LogP contribution in [0.4, 0.5) is 10.5 Å². The van der Waals surface area contributed by atoms with Gasteiger partial charge >= 0.3 is 12.0 Å². The maximum Gasteiger partial charge on any atom is 0.319 e. The summed E-state index contributed by atoms with van der Waals surface area (Å²) >= 11 is 0. The first-order valence-corrected chi connectivity index (χ1v) is 9.24. The van der Waals surface area contributed by atoms with Crippen molar-refractivity contribution in [2.75, 3.05) is 5.32 Å². The fourth-order valence-electron chi connectivity index (χ4n) is 3.48. The van der Waals surface area contributed by atoms with Gasteiger partial charge in [-0.1, -0.05) is 5.16 Å². The molecule has 27 heavy (non-hydrogen) atoms. The summed E-state index contributed by atoms with van der Waals surface area (Å²) in [6.45, 7) is 1.90. The zero-order valence-electron chi connectivity index (χ0n) is 15.1. The van der Waals surface area contributed by atoms with E-state index < -0.39 is 5.97 Å². The molecule has 0 unspecified atom stereocenters. The minimum Gasteiger partial charge on any atom is -0.481 e. The van der Waals surface area contributed by atoms with E-state index in [0.29, 0.717) is 36.8 Å². The van der Waals surface area contributed by atoms with Crippen LogP contribution in [0.25, 0.3) is 11.5 Å². The van der Waals surface area contributed by atoms with Crippen molar-refractivity contribution in [3.05, 3.63) is 29.6 Å². The van der Waals surface area contributed by atoms with E-state index in [-0.39, 0.29) is 18.0 Å². The van der Waals surface area contributed by atoms with Gasteiger partial charge in [0, 0.05) is 23.2 Å². The Kier molecular flexibility index (Phi) is 4.55. The van der Waals surface area contributed by atoms with Crippen molar-refractivity contribution in [3.63, 3.8) is 0 Å². The molecule has 2 aliphatic carbocycles. The molecule has 8 nitrogen and oxygen atoms in total. The zero-order valence-corrected chi connectivity index (χ0v) is 15.1. The second kappa shape index (κ2) is 7.02. The molecule has 1 heterocycles. The highest BCUT2D eigenvalue weighted by Crippen LogP contribution is 2.39. The second-order valence-corrected chi connectivity index (χ2v) is 7.41. The number of carboxylic acid groups (broad SMARTS) is 1. The molecular weight excluding hydrogens is 348 g/mol. The highest BCUT2D eigenvalue weighted by atomic mass is 16.5. The highest BCUT2D eigenvalue weighted by Gasteiger charge is 2.31. The van der Waals surface area contributed by atoms with E-state index in [1.54, 1.807) is 6.07 Å². The van der Waals surface area contributed by atoms with Gasteiger partial charge in [0.1, 0.15) is 0 Å². The van der Waals surface area contributed by atoms with Crippen molar-refractivity contribution in [3.8, 4) is 11.5 Å². The Morgan fingerprint density at radius 2 is 2.04 bits per heavy atom. The average molecular weight is 370 g/mol. The molecule has 142 valence electrons. The summed E-state index contributed by atoms with van der Waals surface area (Å²) in [7, 11) is 0. The Morgan fingerprint density at radius 1 is 1.22 bits per heavy atom. The van der Waals surface area contributed by atoms with E-state index in [1.165, 1.54) is 0 Å². The number of aromatic nitrogens is 2. The normalized spacial score (nSPS) is 21.8. The van der Waals surface area contributed by atoms with Crippen LogP contribution in [0, 0.1) is 12.8 Å². The van der Waals surface area contributed by atoms with E-state index in [4.69, 9.17) is 9.63 Å². The van der Waals surface area contributed by atoms with Crippen LogP contribution in [0.1, 0.15) is 49.4 Å². The van der Waals surface area contributed by atoms with Gasteiger partial charge in [-0.05, 0) is 62.8 Å². The number of aryl methyl sites for hydroxylation is 1.